The first-order chi connectivity index (χ1) is 12.4. The topological polar surface area (TPSA) is 140 Å². The average molecular weight is 431 g/mol. The van der Waals surface area contributed by atoms with Crippen molar-refractivity contribution in [2.24, 2.45) is 0 Å². The van der Waals surface area contributed by atoms with Crippen LogP contribution in [-0.2, 0) is 37.9 Å². The van der Waals surface area contributed by atoms with Crippen molar-refractivity contribution in [1.29, 1.82) is 0 Å². The van der Waals surface area contributed by atoms with Gasteiger partial charge in [-0.2, -0.15) is 0 Å². The van der Waals surface area contributed by atoms with Crippen molar-refractivity contribution in [2.75, 3.05) is 39.4 Å². The largest absolute Gasteiger partial charge is 0.480 e. The van der Waals surface area contributed by atoms with Crippen LogP contribution in [0, 0.1) is 0 Å². The van der Waals surface area contributed by atoms with Gasteiger partial charge in [-0.25, -0.2) is 9.78 Å². The molecular weight excluding hydrogens is 399 g/mol. The first kappa shape index (κ1) is 28.5. The molecule has 0 aliphatic rings. The number of aliphatic carboxylic acids is 2. The minimum atomic E-state index is -1.10. The third kappa shape index (κ3) is 12.4. The molecule has 4 N–H and O–H groups in total. The second kappa shape index (κ2) is 17.4. The SMILES string of the molecule is CCCC(COO)N(CCOO)CCN(CC(=O)O)C(CCC)C(=O)O.[V]. The van der Waals surface area contributed by atoms with Gasteiger partial charge in [-0.1, -0.05) is 26.7 Å². The van der Waals surface area contributed by atoms with E-state index in [9.17, 15) is 14.7 Å². The molecule has 0 aliphatic heterocycles. The van der Waals surface area contributed by atoms with Gasteiger partial charge in [0.1, 0.15) is 6.04 Å². The molecule has 159 valence electrons. The number of rotatable bonds is 17. The fourth-order valence-electron chi connectivity index (χ4n) is 2.94. The quantitative estimate of drug-likeness (QED) is 0.195. The summed E-state index contributed by atoms with van der Waals surface area (Å²) in [4.78, 5) is 34.4. The van der Waals surface area contributed by atoms with Crippen LogP contribution < -0.4 is 0 Å². The molecule has 1 radical (unpaired) electrons. The Morgan fingerprint density at radius 1 is 0.926 bits per heavy atom. The van der Waals surface area contributed by atoms with E-state index in [2.05, 4.69) is 9.78 Å². The van der Waals surface area contributed by atoms with E-state index in [-0.39, 0.29) is 50.9 Å². The second-order valence-electron chi connectivity index (χ2n) is 6.11. The Labute approximate surface area is 171 Å². The first-order valence-corrected chi connectivity index (χ1v) is 8.86. The van der Waals surface area contributed by atoms with Crippen LogP contribution in [0.3, 0.4) is 0 Å². The summed E-state index contributed by atoms with van der Waals surface area (Å²) in [6, 6.07) is -1.05. The monoisotopic (exact) mass is 431 g/mol. The van der Waals surface area contributed by atoms with Gasteiger partial charge in [-0.3, -0.25) is 29.9 Å². The maximum Gasteiger partial charge on any atom is 0.320 e. The van der Waals surface area contributed by atoms with Crippen LogP contribution in [0.2, 0.25) is 0 Å². The van der Waals surface area contributed by atoms with Crippen LogP contribution in [0.1, 0.15) is 39.5 Å². The zero-order valence-corrected chi connectivity index (χ0v) is 17.4. The van der Waals surface area contributed by atoms with Crippen LogP contribution in [-0.4, -0.2) is 93.9 Å². The van der Waals surface area contributed by atoms with Crippen LogP contribution in [0.4, 0.5) is 0 Å². The van der Waals surface area contributed by atoms with Gasteiger partial charge in [0.2, 0.25) is 0 Å². The number of hydrogen-bond donors (Lipinski definition) is 4. The third-order valence-electron chi connectivity index (χ3n) is 4.18. The van der Waals surface area contributed by atoms with E-state index in [4.69, 9.17) is 15.6 Å². The van der Waals surface area contributed by atoms with Crippen LogP contribution in [0.25, 0.3) is 0 Å². The Morgan fingerprint density at radius 2 is 1.52 bits per heavy atom. The summed E-state index contributed by atoms with van der Waals surface area (Å²) < 4.78 is 0. The third-order valence-corrected chi connectivity index (χ3v) is 4.18. The summed E-state index contributed by atoms with van der Waals surface area (Å²) in [6.07, 6.45) is 2.51. The van der Waals surface area contributed by atoms with Crippen molar-refractivity contribution in [1.82, 2.24) is 9.80 Å². The van der Waals surface area contributed by atoms with E-state index in [0.29, 0.717) is 32.4 Å². The van der Waals surface area contributed by atoms with E-state index in [1.165, 1.54) is 4.90 Å². The molecule has 0 aromatic heterocycles. The average Bonchev–Trinajstić information content (AvgIpc) is 2.58. The van der Waals surface area contributed by atoms with Crippen molar-refractivity contribution < 1.29 is 58.6 Å². The van der Waals surface area contributed by atoms with Gasteiger partial charge in [0.25, 0.3) is 0 Å². The molecule has 27 heavy (non-hydrogen) atoms. The Balaban J connectivity index is 0. The minimum absolute atomic E-state index is 0. The van der Waals surface area contributed by atoms with Gasteiger partial charge in [-0.05, 0) is 12.8 Å². The summed E-state index contributed by atoms with van der Waals surface area (Å²) in [5.41, 5.74) is 0. The molecule has 0 aromatic carbocycles. The van der Waals surface area contributed by atoms with Crippen molar-refractivity contribution >= 4 is 11.9 Å². The number of nitrogens with zero attached hydrogens (tertiary/aromatic N) is 2. The van der Waals surface area contributed by atoms with Crippen LogP contribution in [0.15, 0.2) is 0 Å². The van der Waals surface area contributed by atoms with E-state index >= 15 is 0 Å². The van der Waals surface area contributed by atoms with Crippen LogP contribution in [0.5, 0.6) is 0 Å². The molecule has 11 heteroatoms. The van der Waals surface area contributed by atoms with Crippen molar-refractivity contribution in [2.45, 2.75) is 51.6 Å². The van der Waals surface area contributed by atoms with Crippen LogP contribution >= 0.6 is 0 Å². The molecule has 0 saturated carbocycles. The summed E-state index contributed by atoms with van der Waals surface area (Å²) >= 11 is 0. The predicted octanol–water partition coefficient (Wildman–Crippen LogP) is 1.07. The number of carboxylic acids is 2. The molecule has 0 amide bonds. The molecule has 2 atom stereocenters. The maximum absolute atomic E-state index is 11.5. The van der Waals surface area contributed by atoms with Crippen molar-refractivity contribution in [3.8, 4) is 0 Å². The Bertz CT molecular complexity index is 397. The van der Waals surface area contributed by atoms with E-state index < -0.39 is 18.0 Å². The number of carboxylic acid groups (broad SMARTS) is 2. The van der Waals surface area contributed by atoms with Gasteiger partial charge in [0.05, 0.1) is 19.8 Å². The molecule has 0 rings (SSSR count). The molecular formula is C16H32N2O8V. The van der Waals surface area contributed by atoms with Gasteiger partial charge in [-0.15, -0.1) is 0 Å². The standard InChI is InChI=1S/C16H32N2O8.V/c1-3-5-13(12-26-24)17(9-10-25-23)7-8-18(11-15(19)20)14(6-4-2)16(21)22;/h13-14,23-24H,3-12H2,1-2H3,(H,19,20)(H,21,22);. The van der Waals surface area contributed by atoms with Crippen molar-refractivity contribution in [3.63, 3.8) is 0 Å². The van der Waals surface area contributed by atoms with Gasteiger partial charge in [0, 0.05) is 44.2 Å². The molecule has 0 aliphatic carbocycles. The van der Waals surface area contributed by atoms with Crippen molar-refractivity contribution in [3.05, 3.63) is 0 Å². The van der Waals surface area contributed by atoms with Gasteiger partial charge < -0.3 is 10.2 Å². The Morgan fingerprint density at radius 3 is 1.96 bits per heavy atom. The fraction of sp³-hybridized carbons (Fsp3) is 0.875. The molecule has 10 nitrogen and oxygen atoms in total. The molecule has 0 saturated heterocycles. The molecule has 0 spiro atoms. The molecule has 0 fully saturated rings. The summed E-state index contributed by atoms with van der Waals surface area (Å²) in [7, 11) is 0. The van der Waals surface area contributed by atoms with Gasteiger partial charge >= 0.3 is 11.9 Å². The molecule has 0 aromatic rings. The fourth-order valence-corrected chi connectivity index (χ4v) is 2.94. The maximum atomic E-state index is 11.5. The smallest absolute Gasteiger partial charge is 0.320 e. The zero-order valence-electron chi connectivity index (χ0n) is 16.0. The van der Waals surface area contributed by atoms with Gasteiger partial charge in [0.15, 0.2) is 0 Å². The minimum Gasteiger partial charge on any atom is -0.480 e. The summed E-state index contributed by atoms with van der Waals surface area (Å²) in [6.45, 7) is 4.41. The Hall–Kier alpha value is -0.716. The first-order valence-electron chi connectivity index (χ1n) is 8.86. The molecule has 0 heterocycles. The molecule has 0 bridgehead atoms. The molecule has 2 unspecified atom stereocenters. The Kier molecular flexibility index (Phi) is 18.3. The summed E-state index contributed by atoms with van der Waals surface area (Å²) in [5, 5.41) is 35.9. The second-order valence-corrected chi connectivity index (χ2v) is 6.11. The zero-order chi connectivity index (χ0) is 19.9. The predicted molar refractivity (Wildman–Crippen MR) is 93.0 cm³/mol. The number of carbonyl (C=O) groups is 2. The number of hydrogen-bond acceptors (Lipinski definition) is 8. The summed E-state index contributed by atoms with van der Waals surface area (Å²) in [5.74, 6) is -2.15. The normalized spacial score (nSPS) is 13.4. The van der Waals surface area contributed by atoms with E-state index in [0.717, 1.165) is 6.42 Å². The van der Waals surface area contributed by atoms with E-state index in [1.807, 2.05) is 18.7 Å². The van der Waals surface area contributed by atoms with E-state index in [1.54, 1.807) is 0 Å².